The Morgan fingerprint density at radius 2 is 1.92 bits per heavy atom. The molecular weight excluding hydrogens is 208 g/mol. The average Bonchev–Trinajstić information content (AvgIpc) is 1.84. The average molecular weight is 215 g/mol. The molecule has 0 spiro atoms. The predicted molar refractivity (Wildman–Crippen MR) is 42.7 cm³/mol. The van der Waals surface area contributed by atoms with Gasteiger partial charge in [-0.2, -0.15) is 8.42 Å². The highest BCUT2D eigenvalue weighted by Crippen LogP contribution is 2.01. The monoisotopic (exact) mass is 214 g/mol. The summed E-state index contributed by atoms with van der Waals surface area (Å²) in [5, 5.41) is 17.0. The Hall–Kier alpha value is -0.590. The lowest BCUT2D eigenvalue weighted by molar-refractivity contribution is -0.139. The highest BCUT2D eigenvalue weighted by molar-refractivity contribution is 7.76. The predicted octanol–water partition coefficient (Wildman–Crippen LogP) is -0.540. The van der Waals surface area contributed by atoms with Gasteiger partial charge in [-0.05, 0) is 0 Å². The van der Waals surface area contributed by atoms with Crippen molar-refractivity contribution in [3.8, 4) is 0 Å². The van der Waals surface area contributed by atoms with Crippen molar-refractivity contribution in [2.75, 3.05) is 0 Å². The van der Waals surface area contributed by atoms with E-state index in [4.69, 9.17) is 21.8 Å². The van der Waals surface area contributed by atoms with Gasteiger partial charge >= 0.3 is 5.97 Å². The summed E-state index contributed by atoms with van der Waals surface area (Å²) in [5.41, 5.74) is 0. The number of hydrogen-bond donors (Lipinski definition) is 2. The van der Waals surface area contributed by atoms with E-state index in [-0.39, 0.29) is 6.42 Å². The molecule has 12 heavy (non-hydrogen) atoms. The zero-order valence-corrected chi connectivity index (χ0v) is 7.47. The van der Waals surface area contributed by atoms with E-state index in [0.29, 0.717) is 0 Å². The van der Waals surface area contributed by atoms with Crippen molar-refractivity contribution in [2.24, 2.45) is 0 Å². The van der Waals surface area contributed by atoms with Gasteiger partial charge in [0.05, 0.1) is 12.5 Å². The summed E-state index contributed by atoms with van der Waals surface area (Å²) in [5.74, 6) is -1.20. The van der Waals surface area contributed by atoms with E-state index < -0.39 is 33.1 Å². The first-order chi connectivity index (χ1) is 5.43. The molecule has 0 saturated carbocycles. The zero-order chi connectivity index (χ0) is 9.72. The van der Waals surface area contributed by atoms with Crippen LogP contribution in [0.5, 0.6) is 0 Å². The minimum Gasteiger partial charge on any atom is -0.481 e. The summed E-state index contributed by atoms with van der Waals surface area (Å²) in [6.45, 7) is 0. The number of carbonyl (C=O) groups is 1. The fraction of sp³-hybridized carbons (Fsp3) is 0.600. The molecule has 0 fully saturated rings. The van der Waals surface area contributed by atoms with Gasteiger partial charge in [-0.3, -0.25) is 4.79 Å². The van der Waals surface area contributed by atoms with Crippen LogP contribution in [-0.2, 0) is 15.1 Å². The molecule has 2 N–H and O–H groups in total. The summed E-state index contributed by atoms with van der Waals surface area (Å²) in [6.07, 6.45) is -2.13. The van der Waals surface area contributed by atoms with Gasteiger partial charge in [0.25, 0.3) is 0 Å². The van der Waals surface area contributed by atoms with Crippen LogP contribution >= 0.6 is 11.6 Å². The number of hydrogen-bond acceptors (Lipinski definition) is 4. The van der Waals surface area contributed by atoms with Gasteiger partial charge in [-0.25, -0.2) is 0 Å². The fourth-order valence-corrected chi connectivity index (χ4v) is 1.03. The summed E-state index contributed by atoms with van der Waals surface area (Å²) >= 11 is 5.15. The third-order valence-corrected chi connectivity index (χ3v) is 2.05. The molecule has 0 aromatic rings. The Labute approximate surface area is 75.1 Å². The molecular formula is C5H7ClO5S. The largest absolute Gasteiger partial charge is 0.481 e. The van der Waals surface area contributed by atoms with Crippen molar-refractivity contribution in [1.82, 2.24) is 0 Å². The number of carboxylic acids is 1. The van der Waals surface area contributed by atoms with Crippen LogP contribution in [0.4, 0.5) is 0 Å². The van der Waals surface area contributed by atoms with Crippen LogP contribution in [0.1, 0.15) is 12.8 Å². The van der Waals surface area contributed by atoms with Crippen molar-refractivity contribution in [3.05, 3.63) is 0 Å². The normalized spacial score (nSPS) is 12.2. The van der Waals surface area contributed by atoms with Gasteiger partial charge in [0.2, 0.25) is 10.3 Å². The van der Waals surface area contributed by atoms with Crippen LogP contribution in [-0.4, -0.2) is 35.0 Å². The zero-order valence-electron chi connectivity index (χ0n) is 5.90. The van der Waals surface area contributed by atoms with Crippen LogP contribution in [0, 0.1) is 0 Å². The summed E-state index contributed by atoms with van der Waals surface area (Å²) in [7, 11) is -2.57. The third kappa shape index (κ3) is 5.11. The van der Waals surface area contributed by atoms with Gasteiger partial charge in [0.1, 0.15) is 4.32 Å². The molecule has 5 nitrogen and oxygen atoms in total. The summed E-state index contributed by atoms with van der Waals surface area (Å²) in [4.78, 5) is 9.99. The molecule has 0 aliphatic carbocycles. The molecule has 0 aromatic heterocycles. The van der Waals surface area contributed by atoms with Gasteiger partial charge < -0.3 is 10.2 Å². The second-order valence-corrected chi connectivity index (χ2v) is 3.69. The van der Waals surface area contributed by atoms with E-state index in [1.54, 1.807) is 0 Å². The van der Waals surface area contributed by atoms with E-state index in [1.165, 1.54) is 0 Å². The lowest BCUT2D eigenvalue weighted by Gasteiger charge is -2.02. The van der Waals surface area contributed by atoms with Crippen LogP contribution in [0.2, 0.25) is 0 Å². The van der Waals surface area contributed by atoms with Gasteiger partial charge in [-0.15, -0.1) is 0 Å². The Balaban J connectivity index is 4.11. The van der Waals surface area contributed by atoms with Crippen molar-refractivity contribution in [1.29, 1.82) is 0 Å². The Morgan fingerprint density at radius 3 is 2.25 bits per heavy atom. The second kappa shape index (κ2) is 5.13. The lowest BCUT2D eigenvalue weighted by Crippen LogP contribution is -2.15. The molecule has 70 valence electrons. The lowest BCUT2D eigenvalue weighted by atomic mass is 10.2. The first-order valence-electron chi connectivity index (χ1n) is 2.94. The standard InChI is InChI=1S/C5H7ClO5S/c6-4(12(10)11)1-3(7)2-5(8)9/h3,7H,1-2H2,(H,8,9). The minimum atomic E-state index is -2.57. The highest BCUT2D eigenvalue weighted by atomic mass is 35.5. The molecule has 0 saturated heterocycles. The maximum atomic E-state index is 10.1. The second-order valence-electron chi connectivity index (χ2n) is 2.05. The van der Waals surface area contributed by atoms with Crippen molar-refractivity contribution in [3.63, 3.8) is 0 Å². The summed E-state index contributed by atoms with van der Waals surface area (Å²) in [6, 6.07) is 0. The highest BCUT2D eigenvalue weighted by Gasteiger charge is 2.12. The van der Waals surface area contributed by atoms with E-state index >= 15 is 0 Å². The van der Waals surface area contributed by atoms with Crippen LogP contribution < -0.4 is 0 Å². The SMILES string of the molecule is O=C(O)CC(O)CC(Cl)=S(=O)=O. The van der Waals surface area contributed by atoms with Gasteiger partial charge in [-0.1, -0.05) is 11.6 Å². The molecule has 1 atom stereocenters. The minimum absolute atomic E-state index is 0.357. The molecule has 7 heteroatoms. The molecule has 0 radical (unpaired) electrons. The Kier molecular flexibility index (Phi) is 4.87. The third-order valence-electron chi connectivity index (χ3n) is 0.987. The number of aliphatic hydroxyl groups is 1. The number of rotatable bonds is 4. The molecule has 1 unspecified atom stereocenters. The Morgan fingerprint density at radius 1 is 1.42 bits per heavy atom. The number of halogens is 1. The van der Waals surface area contributed by atoms with Crippen LogP contribution in [0.15, 0.2) is 0 Å². The molecule has 0 aliphatic heterocycles. The summed E-state index contributed by atoms with van der Waals surface area (Å²) < 4.78 is 19.7. The number of aliphatic hydroxyl groups excluding tert-OH is 1. The molecule has 0 aromatic carbocycles. The number of carboxylic acid groups (broad SMARTS) is 1. The van der Waals surface area contributed by atoms with Crippen molar-refractivity contribution < 1.29 is 23.4 Å². The quantitative estimate of drug-likeness (QED) is 0.485. The molecule has 0 bridgehead atoms. The van der Waals surface area contributed by atoms with Crippen molar-refractivity contribution in [2.45, 2.75) is 18.9 Å². The maximum absolute atomic E-state index is 10.1. The van der Waals surface area contributed by atoms with E-state index in [0.717, 1.165) is 0 Å². The fourth-order valence-electron chi connectivity index (χ4n) is 0.527. The maximum Gasteiger partial charge on any atom is 0.305 e. The first-order valence-corrected chi connectivity index (χ1v) is 4.39. The number of aliphatic carboxylic acids is 1. The smallest absolute Gasteiger partial charge is 0.305 e. The van der Waals surface area contributed by atoms with E-state index in [2.05, 4.69) is 0 Å². The van der Waals surface area contributed by atoms with Gasteiger partial charge in [0, 0.05) is 6.42 Å². The first kappa shape index (κ1) is 11.4. The van der Waals surface area contributed by atoms with E-state index in [9.17, 15) is 13.2 Å². The van der Waals surface area contributed by atoms with Gasteiger partial charge in [0.15, 0.2) is 0 Å². The molecule has 0 heterocycles. The molecule has 0 rings (SSSR count). The van der Waals surface area contributed by atoms with Crippen LogP contribution in [0.3, 0.4) is 0 Å². The Bertz CT molecular complexity index is 285. The van der Waals surface area contributed by atoms with Crippen LogP contribution in [0.25, 0.3) is 0 Å². The topological polar surface area (TPSA) is 91.7 Å². The van der Waals surface area contributed by atoms with E-state index in [1.807, 2.05) is 0 Å². The van der Waals surface area contributed by atoms with Crippen molar-refractivity contribution >= 4 is 32.2 Å². The molecule has 0 amide bonds. The molecule has 0 aliphatic rings.